The fourth-order valence-electron chi connectivity index (χ4n) is 2.37. The minimum atomic E-state index is -0.226. The maximum Gasteiger partial charge on any atom is 0.254 e. The van der Waals surface area contributed by atoms with Crippen molar-refractivity contribution in [2.24, 2.45) is 0 Å². The van der Waals surface area contributed by atoms with Gasteiger partial charge in [-0.05, 0) is 36.8 Å². The number of carbonyl (C=O) groups excluding carboxylic acids is 1. The van der Waals surface area contributed by atoms with Crippen molar-refractivity contribution in [3.8, 4) is 6.07 Å². The highest BCUT2D eigenvalue weighted by molar-refractivity contribution is 5.93. The molecule has 0 unspecified atom stereocenters. The van der Waals surface area contributed by atoms with Crippen LogP contribution >= 0.6 is 0 Å². The summed E-state index contributed by atoms with van der Waals surface area (Å²) >= 11 is 0. The van der Waals surface area contributed by atoms with E-state index in [2.05, 4.69) is 26.7 Å². The molecule has 6 heteroatoms. The van der Waals surface area contributed by atoms with Crippen molar-refractivity contribution in [2.45, 2.75) is 13.5 Å². The minimum Gasteiger partial charge on any atom is -0.348 e. The molecule has 6 nitrogen and oxygen atoms in total. The van der Waals surface area contributed by atoms with Gasteiger partial charge in [0, 0.05) is 24.6 Å². The fourth-order valence-corrected chi connectivity index (χ4v) is 2.37. The van der Waals surface area contributed by atoms with E-state index >= 15 is 0 Å². The summed E-state index contributed by atoms with van der Waals surface area (Å²) in [5.41, 5.74) is 3.93. The molecule has 1 heterocycles. The molecule has 3 aromatic rings. The summed E-state index contributed by atoms with van der Waals surface area (Å²) < 4.78 is 0. The first-order chi connectivity index (χ1) is 12.6. The molecular weight excluding hydrogens is 326 g/mol. The van der Waals surface area contributed by atoms with Crippen molar-refractivity contribution < 1.29 is 4.79 Å². The molecule has 0 aliphatic heterocycles. The summed E-state index contributed by atoms with van der Waals surface area (Å²) in [6.07, 6.45) is 2.95. The van der Waals surface area contributed by atoms with Crippen LogP contribution in [0.3, 0.4) is 0 Å². The lowest BCUT2D eigenvalue weighted by Crippen LogP contribution is -2.23. The molecule has 0 atom stereocenters. The van der Waals surface area contributed by atoms with Crippen LogP contribution in [0, 0.1) is 18.3 Å². The number of hydrogen-bond acceptors (Lipinski definition) is 5. The number of carbonyl (C=O) groups is 1. The van der Waals surface area contributed by atoms with Crippen LogP contribution in [0.15, 0.2) is 60.9 Å². The van der Waals surface area contributed by atoms with Crippen LogP contribution in [0.25, 0.3) is 0 Å². The molecule has 0 bridgehead atoms. The predicted octanol–water partition coefficient (Wildman–Crippen LogP) is 3.33. The second kappa shape index (κ2) is 7.90. The van der Waals surface area contributed by atoms with E-state index in [9.17, 15) is 4.79 Å². The Bertz CT molecular complexity index is 943. The maximum absolute atomic E-state index is 12.2. The van der Waals surface area contributed by atoms with Gasteiger partial charge in [-0.3, -0.25) is 4.79 Å². The number of aromatic nitrogens is 2. The Labute approximate surface area is 151 Å². The summed E-state index contributed by atoms with van der Waals surface area (Å²) in [5, 5.41) is 14.7. The first kappa shape index (κ1) is 17.1. The molecule has 3 rings (SSSR count). The van der Waals surface area contributed by atoms with Crippen molar-refractivity contribution in [3.63, 3.8) is 0 Å². The Kier molecular flexibility index (Phi) is 5.20. The van der Waals surface area contributed by atoms with Crippen molar-refractivity contribution in [1.29, 1.82) is 5.26 Å². The van der Waals surface area contributed by atoms with Crippen LogP contribution in [0.5, 0.6) is 0 Å². The van der Waals surface area contributed by atoms with Gasteiger partial charge in [-0.15, -0.1) is 0 Å². The normalized spacial score (nSPS) is 10.0. The first-order valence-corrected chi connectivity index (χ1v) is 8.07. The second-order valence-corrected chi connectivity index (χ2v) is 5.78. The summed E-state index contributed by atoms with van der Waals surface area (Å²) in [4.78, 5) is 20.5. The van der Waals surface area contributed by atoms with E-state index < -0.39 is 0 Å². The molecule has 0 aliphatic carbocycles. The molecule has 1 aromatic heterocycles. The highest BCUT2D eigenvalue weighted by Gasteiger charge is 2.07. The number of nitriles is 1. The average Bonchev–Trinajstić information content (AvgIpc) is 2.67. The highest BCUT2D eigenvalue weighted by atomic mass is 16.1. The van der Waals surface area contributed by atoms with Crippen LogP contribution in [0.4, 0.5) is 11.6 Å². The molecule has 0 aliphatic rings. The van der Waals surface area contributed by atoms with Gasteiger partial charge in [0.1, 0.15) is 0 Å². The largest absolute Gasteiger partial charge is 0.348 e. The topological polar surface area (TPSA) is 90.7 Å². The SMILES string of the molecule is Cc1cccc(CNC(=O)c2cnc(Nc3ccc(C#N)cc3)nc2)c1. The Morgan fingerprint density at radius 3 is 2.50 bits per heavy atom. The van der Waals surface area contributed by atoms with E-state index in [4.69, 9.17) is 5.26 Å². The first-order valence-electron chi connectivity index (χ1n) is 8.07. The number of nitrogens with zero attached hydrogens (tertiary/aromatic N) is 3. The third-order valence-corrected chi connectivity index (χ3v) is 3.72. The zero-order chi connectivity index (χ0) is 18.4. The number of anilines is 2. The molecular formula is C20H17N5O. The minimum absolute atomic E-state index is 0.226. The van der Waals surface area contributed by atoms with Crippen molar-refractivity contribution in [1.82, 2.24) is 15.3 Å². The Hall–Kier alpha value is -3.72. The van der Waals surface area contributed by atoms with Crippen LogP contribution in [0.2, 0.25) is 0 Å². The highest BCUT2D eigenvalue weighted by Crippen LogP contribution is 2.13. The van der Waals surface area contributed by atoms with E-state index in [-0.39, 0.29) is 5.91 Å². The van der Waals surface area contributed by atoms with Gasteiger partial charge in [-0.1, -0.05) is 29.8 Å². The lowest BCUT2D eigenvalue weighted by atomic mass is 10.1. The molecule has 0 fully saturated rings. The van der Waals surface area contributed by atoms with E-state index in [1.807, 2.05) is 31.2 Å². The van der Waals surface area contributed by atoms with Gasteiger partial charge in [-0.25, -0.2) is 9.97 Å². The van der Waals surface area contributed by atoms with Crippen LogP contribution < -0.4 is 10.6 Å². The number of hydrogen-bond donors (Lipinski definition) is 2. The van der Waals surface area contributed by atoms with E-state index in [0.717, 1.165) is 16.8 Å². The van der Waals surface area contributed by atoms with Crippen LogP contribution in [-0.2, 0) is 6.54 Å². The number of amides is 1. The third kappa shape index (κ3) is 4.42. The van der Waals surface area contributed by atoms with Gasteiger partial charge in [0.2, 0.25) is 5.95 Å². The molecule has 0 radical (unpaired) electrons. The van der Waals surface area contributed by atoms with Gasteiger partial charge < -0.3 is 10.6 Å². The monoisotopic (exact) mass is 343 g/mol. The summed E-state index contributed by atoms with van der Waals surface area (Å²) in [6, 6.07) is 17.0. The van der Waals surface area contributed by atoms with Crippen molar-refractivity contribution in [2.75, 3.05) is 5.32 Å². The standard InChI is InChI=1S/C20H17N5O/c1-14-3-2-4-16(9-14)11-22-19(26)17-12-23-20(24-13-17)25-18-7-5-15(10-21)6-8-18/h2-9,12-13H,11H2,1H3,(H,22,26)(H,23,24,25). The van der Waals surface area contributed by atoms with Crippen LogP contribution in [0.1, 0.15) is 27.0 Å². The molecule has 128 valence electrons. The predicted molar refractivity (Wildman–Crippen MR) is 98.8 cm³/mol. The van der Waals surface area contributed by atoms with E-state index in [1.165, 1.54) is 12.4 Å². The number of nitrogens with one attached hydrogen (secondary N) is 2. The smallest absolute Gasteiger partial charge is 0.254 e. The Morgan fingerprint density at radius 1 is 1.12 bits per heavy atom. The summed E-state index contributed by atoms with van der Waals surface area (Å²) in [7, 11) is 0. The molecule has 26 heavy (non-hydrogen) atoms. The van der Waals surface area contributed by atoms with E-state index in [1.54, 1.807) is 24.3 Å². The Morgan fingerprint density at radius 2 is 1.85 bits per heavy atom. The average molecular weight is 343 g/mol. The van der Waals surface area contributed by atoms with Crippen molar-refractivity contribution in [3.05, 3.63) is 83.2 Å². The van der Waals surface area contributed by atoms with Gasteiger partial charge in [0.15, 0.2) is 0 Å². The van der Waals surface area contributed by atoms with Gasteiger partial charge in [0.25, 0.3) is 5.91 Å². The zero-order valence-corrected chi connectivity index (χ0v) is 14.2. The number of benzene rings is 2. The quantitative estimate of drug-likeness (QED) is 0.741. The molecule has 0 spiro atoms. The number of aryl methyl sites for hydroxylation is 1. The Balaban J connectivity index is 1.59. The molecule has 0 saturated carbocycles. The van der Waals surface area contributed by atoms with Gasteiger partial charge in [-0.2, -0.15) is 5.26 Å². The molecule has 0 saturated heterocycles. The van der Waals surface area contributed by atoms with Gasteiger partial charge in [0.05, 0.1) is 17.2 Å². The number of rotatable bonds is 5. The zero-order valence-electron chi connectivity index (χ0n) is 14.2. The van der Waals surface area contributed by atoms with Gasteiger partial charge >= 0.3 is 0 Å². The maximum atomic E-state index is 12.2. The molecule has 2 aromatic carbocycles. The summed E-state index contributed by atoms with van der Waals surface area (Å²) in [6.45, 7) is 2.46. The lowest BCUT2D eigenvalue weighted by Gasteiger charge is -2.07. The van der Waals surface area contributed by atoms with E-state index in [0.29, 0.717) is 23.6 Å². The summed E-state index contributed by atoms with van der Waals surface area (Å²) in [5.74, 6) is 0.154. The third-order valence-electron chi connectivity index (χ3n) is 3.72. The van der Waals surface area contributed by atoms with Crippen LogP contribution in [-0.4, -0.2) is 15.9 Å². The molecule has 1 amide bonds. The van der Waals surface area contributed by atoms with Crippen molar-refractivity contribution >= 4 is 17.5 Å². The molecule has 2 N–H and O–H groups in total. The second-order valence-electron chi connectivity index (χ2n) is 5.78. The fraction of sp³-hybridized carbons (Fsp3) is 0.100. The lowest BCUT2D eigenvalue weighted by molar-refractivity contribution is 0.0950.